The Hall–Kier alpha value is -1.85. The minimum absolute atomic E-state index is 0.0406. The SMILES string of the molecule is NCc1ccc(F)c(C2CCN(CC(F)(F)c3ccccc3)CC2)c1. The number of rotatable bonds is 5. The molecule has 0 bridgehead atoms. The molecule has 0 radical (unpaired) electrons. The molecule has 2 aromatic carbocycles. The van der Waals surface area contributed by atoms with Gasteiger partial charge in [0, 0.05) is 12.1 Å². The Morgan fingerprint density at radius 3 is 2.36 bits per heavy atom. The smallest absolute Gasteiger partial charge is 0.285 e. The predicted molar refractivity (Wildman–Crippen MR) is 93.0 cm³/mol. The lowest BCUT2D eigenvalue weighted by Gasteiger charge is -2.34. The van der Waals surface area contributed by atoms with E-state index in [0.717, 1.165) is 5.56 Å². The molecule has 3 rings (SSSR count). The fraction of sp³-hybridized carbons (Fsp3) is 0.400. The van der Waals surface area contributed by atoms with Crippen LogP contribution in [0.15, 0.2) is 48.5 Å². The molecule has 1 heterocycles. The predicted octanol–water partition coefficient (Wildman–Crippen LogP) is 4.26. The van der Waals surface area contributed by atoms with Crippen molar-refractivity contribution in [2.45, 2.75) is 31.2 Å². The number of halogens is 3. The highest BCUT2D eigenvalue weighted by Crippen LogP contribution is 2.34. The molecule has 2 aromatic rings. The van der Waals surface area contributed by atoms with Crippen LogP contribution in [0.25, 0.3) is 0 Å². The zero-order chi connectivity index (χ0) is 17.9. The Kier molecular flexibility index (Phi) is 5.45. The Bertz CT molecular complexity index is 695. The maximum absolute atomic E-state index is 14.4. The van der Waals surface area contributed by atoms with Crippen molar-refractivity contribution in [2.24, 2.45) is 5.73 Å². The summed E-state index contributed by atoms with van der Waals surface area (Å²) in [6, 6.07) is 12.9. The van der Waals surface area contributed by atoms with Crippen LogP contribution in [0.4, 0.5) is 13.2 Å². The second kappa shape index (κ2) is 7.58. The zero-order valence-corrected chi connectivity index (χ0v) is 14.1. The van der Waals surface area contributed by atoms with Crippen LogP contribution in [0.2, 0.25) is 0 Å². The third-order valence-electron chi connectivity index (χ3n) is 4.94. The van der Waals surface area contributed by atoms with E-state index in [-0.39, 0.29) is 23.8 Å². The van der Waals surface area contributed by atoms with Crippen LogP contribution >= 0.6 is 0 Å². The largest absolute Gasteiger partial charge is 0.326 e. The van der Waals surface area contributed by atoms with Gasteiger partial charge in [0.15, 0.2) is 0 Å². The van der Waals surface area contributed by atoms with Crippen molar-refractivity contribution >= 4 is 0 Å². The van der Waals surface area contributed by atoms with Gasteiger partial charge in [-0.05, 0) is 49.0 Å². The average molecular weight is 348 g/mol. The van der Waals surface area contributed by atoms with Crippen LogP contribution in [0, 0.1) is 5.82 Å². The van der Waals surface area contributed by atoms with E-state index in [1.165, 1.54) is 18.2 Å². The van der Waals surface area contributed by atoms with Crippen molar-refractivity contribution in [3.05, 3.63) is 71.0 Å². The topological polar surface area (TPSA) is 29.3 Å². The van der Waals surface area contributed by atoms with Crippen molar-refractivity contribution in [1.82, 2.24) is 4.90 Å². The summed E-state index contributed by atoms with van der Waals surface area (Å²) in [5, 5.41) is 0. The molecular weight excluding hydrogens is 325 g/mol. The zero-order valence-electron chi connectivity index (χ0n) is 14.1. The van der Waals surface area contributed by atoms with Crippen molar-refractivity contribution in [3.8, 4) is 0 Å². The van der Waals surface area contributed by atoms with E-state index in [1.54, 1.807) is 29.2 Å². The van der Waals surface area contributed by atoms with E-state index < -0.39 is 5.92 Å². The van der Waals surface area contributed by atoms with Crippen LogP contribution < -0.4 is 5.73 Å². The Labute approximate surface area is 146 Å². The standard InChI is InChI=1S/C20H23F3N2/c21-19-7-6-15(13-24)12-18(19)16-8-10-25(11-9-16)14-20(22,23)17-4-2-1-3-5-17/h1-7,12,16H,8-11,13-14,24H2. The lowest BCUT2D eigenvalue weighted by molar-refractivity contribution is -0.0426. The summed E-state index contributed by atoms with van der Waals surface area (Å²) in [5.74, 6) is -3.04. The molecule has 0 saturated carbocycles. The number of alkyl halides is 2. The molecular formula is C20H23F3N2. The van der Waals surface area contributed by atoms with Crippen LogP contribution in [0.1, 0.15) is 35.4 Å². The maximum atomic E-state index is 14.4. The molecule has 0 atom stereocenters. The summed E-state index contributed by atoms with van der Waals surface area (Å²) in [4.78, 5) is 1.77. The van der Waals surface area contributed by atoms with Gasteiger partial charge < -0.3 is 5.73 Å². The van der Waals surface area contributed by atoms with Crippen molar-refractivity contribution in [1.29, 1.82) is 0 Å². The third kappa shape index (κ3) is 4.22. The van der Waals surface area contributed by atoms with Crippen LogP contribution in [-0.4, -0.2) is 24.5 Å². The fourth-order valence-corrected chi connectivity index (χ4v) is 3.49. The van der Waals surface area contributed by atoms with Gasteiger partial charge >= 0.3 is 0 Å². The first kappa shape index (κ1) is 18.0. The van der Waals surface area contributed by atoms with Crippen molar-refractivity contribution < 1.29 is 13.2 Å². The number of nitrogens with zero attached hydrogens (tertiary/aromatic N) is 1. The molecule has 1 aliphatic heterocycles. The average Bonchev–Trinajstić information content (AvgIpc) is 2.63. The molecule has 0 amide bonds. The van der Waals surface area contributed by atoms with Gasteiger partial charge in [-0.1, -0.05) is 42.5 Å². The number of hydrogen-bond donors (Lipinski definition) is 1. The van der Waals surface area contributed by atoms with Crippen LogP contribution in [0.5, 0.6) is 0 Å². The molecule has 0 unspecified atom stereocenters. The van der Waals surface area contributed by atoms with E-state index >= 15 is 0 Å². The molecule has 5 heteroatoms. The first-order valence-corrected chi connectivity index (χ1v) is 8.63. The number of nitrogens with two attached hydrogens (primary N) is 1. The number of hydrogen-bond acceptors (Lipinski definition) is 2. The van der Waals surface area contributed by atoms with Gasteiger partial charge in [0.2, 0.25) is 0 Å². The van der Waals surface area contributed by atoms with Gasteiger partial charge in [0.1, 0.15) is 5.82 Å². The first-order chi connectivity index (χ1) is 12.0. The minimum atomic E-state index is -2.88. The highest BCUT2D eigenvalue weighted by molar-refractivity contribution is 5.28. The van der Waals surface area contributed by atoms with Gasteiger partial charge in [-0.2, -0.15) is 8.78 Å². The van der Waals surface area contributed by atoms with E-state index in [2.05, 4.69) is 0 Å². The summed E-state index contributed by atoms with van der Waals surface area (Å²) in [6.07, 6.45) is 1.35. The second-order valence-electron chi connectivity index (χ2n) is 6.68. The molecule has 134 valence electrons. The summed E-state index contributed by atoms with van der Waals surface area (Å²) in [5.41, 5.74) is 7.23. The third-order valence-corrected chi connectivity index (χ3v) is 4.94. The van der Waals surface area contributed by atoms with Crippen molar-refractivity contribution in [3.63, 3.8) is 0 Å². The monoisotopic (exact) mass is 348 g/mol. The van der Waals surface area contributed by atoms with Gasteiger partial charge in [-0.3, -0.25) is 4.90 Å². The normalized spacial score (nSPS) is 17.0. The summed E-state index contributed by atoms with van der Waals surface area (Å²) in [6.45, 7) is 1.16. The van der Waals surface area contributed by atoms with Gasteiger partial charge in [-0.25, -0.2) is 4.39 Å². The second-order valence-corrected chi connectivity index (χ2v) is 6.68. The van der Waals surface area contributed by atoms with E-state index in [4.69, 9.17) is 5.73 Å². The molecule has 0 aliphatic carbocycles. The lowest BCUT2D eigenvalue weighted by atomic mass is 9.88. The van der Waals surface area contributed by atoms with E-state index in [9.17, 15) is 13.2 Å². The Balaban J connectivity index is 1.62. The molecule has 0 spiro atoms. The van der Waals surface area contributed by atoms with Crippen molar-refractivity contribution in [2.75, 3.05) is 19.6 Å². The summed E-state index contributed by atoms with van der Waals surface area (Å²) < 4.78 is 42.9. The molecule has 2 N–H and O–H groups in total. The number of likely N-dealkylation sites (tertiary alicyclic amines) is 1. The van der Waals surface area contributed by atoms with Crippen LogP contribution in [-0.2, 0) is 12.5 Å². The van der Waals surface area contributed by atoms with Gasteiger partial charge in [-0.15, -0.1) is 0 Å². The Morgan fingerprint density at radius 1 is 1.04 bits per heavy atom. The Morgan fingerprint density at radius 2 is 1.72 bits per heavy atom. The molecule has 1 fully saturated rings. The summed E-state index contributed by atoms with van der Waals surface area (Å²) in [7, 11) is 0. The first-order valence-electron chi connectivity index (χ1n) is 8.63. The number of benzene rings is 2. The highest BCUT2D eigenvalue weighted by atomic mass is 19.3. The van der Waals surface area contributed by atoms with E-state index in [1.807, 2.05) is 6.07 Å². The van der Waals surface area contributed by atoms with Gasteiger partial charge in [0.25, 0.3) is 5.92 Å². The van der Waals surface area contributed by atoms with E-state index in [0.29, 0.717) is 38.0 Å². The quantitative estimate of drug-likeness (QED) is 0.875. The summed E-state index contributed by atoms with van der Waals surface area (Å²) >= 11 is 0. The molecule has 2 nitrogen and oxygen atoms in total. The fourth-order valence-electron chi connectivity index (χ4n) is 3.49. The number of piperidine rings is 1. The lowest BCUT2D eigenvalue weighted by Crippen LogP contribution is -2.40. The maximum Gasteiger partial charge on any atom is 0.285 e. The highest BCUT2D eigenvalue weighted by Gasteiger charge is 2.35. The molecule has 0 aromatic heterocycles. The molecule has 1 saturated heterocycles. The molecule has 25 heavy (non-hydrogen) atoms. The van der Waals surface area contributed by atoms with Gasteiger partial charge in [0.05, 0.1) is 6.54 Å². The van der Waals surface area contributed by atoms with Crippen LogP contribution in [0.3, 0.4) is 0 Å². The minimum Gasteiger partial charge on any atom is -0.326 e. The molecule has 1 aliphatic rings.